The molecule has 0 bridgehead atoms. The molecule has 3 aromatic heterocycles. The highest BCUT2D eigenvalue weighted by atomic mass is 15.0. The SMILES string of the molecule is N#Cc1ccc(C#N)c(-n2c3ccc(-c4ccc5c(c4)c4ccccc4n5-c4ccccc4)cc3c3cc(-n4c5ccccc5c5ccccc54)ccc32)c1. The second kappa shape index (κ2) is 11.8. The third-order valence-corrected chi connectivity index (χ3v) is 11.1. The van der Waals surface area contributed by atoms with Gasteiger partial charge in [0.05, 0.1) is 56.0 Å². The lowest BCUT2D eigenvalue weighted by molar-refractivity contribution is 1.15. The first kappa shape index (κ1) is 30.7. The smallest absolute Gasteiger partial charge is 0.101 e. The second-order valence-electron chi connectivity index (χ2n) is 14.0. The largest absolute Gasteiger partial charge is 0.309 e. The molecule has 0 atom stereocenters. The van der Waals surface area contributed by atoms with Crippen LogP contribution in [0.2, 0.25) is 0 Å². The lowest BCUT2D eigenvalue weighted by atomic mass is 10.0. The number of nitrogens with zero attached hydrogens (tertiary/aromatic N) is 5. The van der Waals surface area contributed by atoms with E-state index in [1.807, 2.05) is 6.07 Å². The highest BCUT2D eigenvalue weighted by Gasteiger charge is 2.20. The molecular formula is C50H29N5. The number of para-hydroxylation sites is 4. The molecule has 0 aliphatic carbocycles. The van der Waals surface area contributed by atoms with E-state index in [0.29, 0.717) is 16.8 Å². The molecule has 0 unspecified atom stereocenters. The van der Waals surface area contributed by atoms with Crippen LogP contribution in [-0.4, -0.2) is 13.7 Å². The molecule has 0 saturated heterocycles. The Balaban J connectivity index is 1.18. The van der Waals surface area contributed by atoms with Gasteiger partial charge in [0.25, 0.3) is 0 Å². The number of fused-ring (bicyclic) bond motifs is 9. The molecular weight excluding hydrogens is 671 g/mol. The monoisotopic (exact) mass is 699 g/mol. The Hall–Kier alpha value is -7.86. The van der Waals surface area contributed by atoms with E-state index in [1.54, 1.807) is 12.1 Å². The second-order valence-corrected chi connectivity index (χ2v) is 14.0. The number of aromatic nitrogens is 3. The van der Waals surface area contributed by atoms with E-state index in [1.165, 1.54) is 27.1 Å². The quantitative estimate of drug-likeness (QED) is 0.184. The van der Waals surface area contributed by atoms with E-state index in [4.69, 9.17) is 0 Å². The highest BCUT2D eigenvalue weighted by Crippen LogP contribution is 2.40. The summed E-state index contributed by atoms with van der Waals surface area (Å²) in [7, 11) is 0. The Bertz CT molecular complexity index is 3400. The molecule has 5 heteroatoms. The van der Waals surface area contributed by atoms with Gasteiger partial charge in [0.2, 0.25) is 0 Å². The zero-order chi connectivity index (χ0) is 36.6. The fourth-order valence-electron chi connectivity index (χ4n) is 8.68. The highest BCUT2D eigenvalue weighted by molar-refractivity contribution is 6.14. The van der Waals surface area contributed by atoms with Crippen molar-refractivity contribution in [3.8, 4) is 40.3 Å². The molecule has 11 rings (SSSR count). The van der Waals surface area contributed by atoms with E-state index >= 15 is 0 Å². The standard InChI is InChI=1S/C50H29N5/c51-30-32-18-19-35(31-52)50(26-32)55-48-24-21-34(33-20-23-47-41(27-33)40-14-6-9-17-46(40)53(47)36-10-2-1-3-11-36)28-42(48)43-29-37(22-25-49(43)55)54-44-15-7-4-12-38(44)39-13-5-8-16-45(39)54/h1-29H. The fourth-order valence-corrected chi connectivity index (χ4v) is 8.68. The summed E-state index contributed by atoms with van der Waals surface area (Å²) in [5.74, 6) is 0. The maximum atomic E-state index is 10.3. The molecule has 8 aromatic carbocycles. The first-order valence-electron chi connectivity index (χ1n) is 18.3. The zero-order valence-electron chi connectivity index (χ0n) is 29.5. The van der Waals surface area contributed by atoms with Gasteiger partial charge in [0.15, 0.2) is 0 Å². The molecule has 55 heavy (non-hydrogen) atoms. The van der Waals surface area contributed by atoms with Gasteiger partial charge in [0.1, 0.15) is 6.07 Å². The van der Waals surface area contributed by atoms with Gasteiger partial charge in [-0.3, -0.25) is 0 Å². The van der Waals surface area contributed by atoms with Gasteiger partial charge in [-0.2, -0.15) is 10.5 Å². The van der Waals surface area contributed by atoms with Crippen molar-refractivity contribution >= 4 is 65.4 Å². The summed E-state index contributed by atoms with van der Waals surface area (Å²) in [5, 5.41) is 27.1. The number of hydrogen-bond donors (Lipinski definition) is 0. The lowest BCUT2D eigenvalue weighted by Crippen LogP contribution is -1.99. The van der Waals surface area contributed by atoms with E-state index in [2.05, 4.69) is 184 Å². The zero-order valence-corrected chi connectivity index (χ0v) is 29.5. The lowest BCUT2D eigenvalue weighted by Gasteiger charge is -2.12. The third-order valence-electron chi connectivity index (χ3n) is 11.1. The third kappa shape index (κ3) is 4.51. The number of hydrogen-bond acceptors (Lipinski definition) is 2. The van der Waals surface area contributed by atoms with Crippen LogP contribution in [0.25, 0.3) is 93.6 Å². The van der Waals surface area contributed by atoms with E-state index in [0.717, 1.165) is 60.9 Å². The summed E-state index contributed by atoms with van der Waals surface area (Å²) in [6.07, 6.45) is 0. The van der Waals surface area contributed by atoms with Crippen LogP contribution >= 0.6 is 0 Å². The Morgan fingerprint density at radius 2 is 0.800 bits per heavy atom. The normalized spacial score (nSPS) is 11.6. The molecule has 0 fully saturated rings. The van der Waals surface area contributed by atoms with E-state index in [-0.39, 0.29) is 0 Å². The van der Waals surface area contributed by atoms with Crippen LogP contribution in [0.1, 0.15) is 11.1 Å². The van der Waals surface area contributed by atoms with Gasteiger partial charge in [-0.1, -0.05) is 84.9 Å². The predicted octanol–water partition coefficient (Wildman–Crippen LogP) is 12.4. The van der Waals surface area contributed by atoms with Crippen LogP contribution < -0.4 is 0 Å². The van der Waals surface area contributed by atoms with Crippen molar-refractivity contribution in [2.45, 2.75) is 0 Å². The molecule has 0 N–H and O–H groups in total. The van der Waals surface area contributed by atoms with Crippen molar-refractivity contribution in [3.63, 3.8) is 0 Å². The van der Waals surface area contributed by atoms with Gasteiger partial charge in [0, 0.05) is 43.7 Å². The number of benzene rings is 8. The van der Waals surface area contributed by atoms with Gasteiger partial charge in [-0.05, 0) is 102 Å². The molecule has 5 nitrogen and oxygen atoms in total. The first-order valence-corrected chi connectivity index (χ1v) is 18.3. The summed E-state index contributed by atoms with van der Waals surface area (Å²) in [6, 6.07) is 66.1. The molecule has 0 aliphatic heterocycles. The molecule has 0 saturated carbocycles. The van der Waals surface area contributed by atoms with Crippen molar-refractivity contribution in [1.82, 2.24) is 13.7 Å². The average Bonchev–Trinajstić information content (AvgIpc) is 3.88. The Labute approximate surface area is 316 Å². The van der Waals surface area contributed by atoms with Crippen LogP contribution in [0.4, 0.5) is 0 Å². The molecule has 3 heterocycles. The Kier molecular flexibility index (Phi) is 6.61. The van der Waals surface area contributed by atoms with Crippen molar-refractivity contribution < 1.29 is 0 Å². The van der Waals surface area contributed by atoms with Crippen molar-refractivity contribution in [3.05, 3.63) is 187 Å². The van der Waals surface area contributed by atoms with Gasteiger partial charge in [-0.15, -0.1) is 0 Å². The van der Waals surface area contributed by atoms with Crippen LogP contribution in [0.15, 0.2) is 176 Å². The molecule has 0 spiro atoms. The Morgan fingerprint density at radius 3 is 1.40 bits per heavy atom. The topological polar surface area (TPSA) is 62.4 Å². The predicted molar refractivity (Wildman–Crippen MR) is 224 cm³/mol. The number of rotatable bonds is 4. The molecule has 0 aliphatic rings. The summed E-state index contributed by atoms with van der Waals surface area (Å²) in [6.45, 7) is 0. The van der Waals surface area contributed by atoms with Crippen LogP contribution in [0.3, 0.4) is 0 Å². The fraction of sp³-hybridized carbons (Fsp3) is 0. The van der Waals surface area contributed by atoms with Gasteiger partial charge >= 0.3 is 0 Å². The van der Waals surface area contributed by atoms with Crippen LogP contribution in [0, 0.1) is 22.7 Å². The molecule has 0 amide bonds. The van der Waals surface area contributed by atoms with E-state index in [9.17, 15) is 10.5 Å². The van der Waals surface area contributed by atoms with Gasteiger partial charge < -0.3 is 13.7 Å². The van der Waals surface area contributed by atoms with Crippen molar-refractivity contribution in [2.75, 3.05) is 0 Å². The van der Waals surface area contributed by atoms with Crippen molar-refractivity contribution in [1.29, 1.82) is 10.5 Å². The summed E-state index contributed by atoms with van der Waals surface area (Å²) in [5.41, 5.74) is 12.6. The molecule has 11 aromatic rings. The van der Waals surface area contributed by atoms with Crippen LogP contribution in [0.5, 0.6) is 0 Å². The van der Waals surface area contributed by atoms with Crippen molar-refractivity contribution in [2.24, 2.45) is 0 Å². The van der Waals surface area contributed by atoms with Crippen LogP contribution in [-0.2, 0) is 0 Å². The minimum atomic E-state index is 0.505. The molecule has 0 radical (unpaired) electrons. The summed E-state index contributed by atoms with van der Waals surface area (Å²) < 4.78 is 6.81. The number of nitriles is 2. The summed E-state index contributed by atoms with van der Waals surface area (Å²) >= 11 is 0. The maximum Gasteiger partial charge on any atom is 0.101 e. The van der Waals surface area contributed by atoms with Gasteiger partial charge in [-0.25, -0.2) is 0 Å². The summed E-state index contributed by atoms with van der Waals surface area (Å²) in [4.78, 5) is 0. The Morgan fingerprint density at radius 1 is 0.327 bits per heavy atom. The van der Waals surface area contributed by atoms with E-state index < -0.39 is 0 Å². The minimum absolute atomic E-state index is 0.505. The first-order chi connectivity index (χ1) is 27.2. The minimum Gasteiger partial charge on any atom is -0.309 e. The molecule has 254 valence electrons. The maximum absolute atomic E-state index is 10.3. The average molecular weight is 700 g/mol.